The Morgan fingerprint density at radius 3 is 0.117 bits per heavy atom. The van der Waals surface area contributed by atoms with Gasteiger partial charge in [0, 0.05) is 665 Å². The van der Waals surface area contributed by atoms with Crippen LogP contribution < -0.4 is 0 Å². The average molecular weight is 1020 g/mol. The second-order valence-corrected chi connectivity index (χ2v) is 26.6. The first-order valence-electron chi connectivity index (χ1n) is 31.0. The van der Waals surface area contributed by atoms with E-state index < -0.39 is 294 Å². The van der Waals surface area contributed by atoms with E-state index in [2.05, 4.69) is 0 Å². The summed E-state index contributed by atoms with van der Waals surface area (Å²) in [6, 6.07) is 0. The lowest BCUT2D eigenvalue weighted by molar-refractivity contribution is 3.13. The molecule has 0 saturated heterocycles. The highest BCUT2D eigenvalue weighted by molar-refractivity contribution is 8.43. The molecule has 0 N–H and O–H groups in total. The van der Waals surface area contributed by atoms with E-state index in [-0.39, 0.29) is 0 Å². The predicted octanol–water partition coefficient (Wildman–Crippen LogP) is -35.8. The molecule has 282 valence electrons. The lowest BCUT2D eigenvalue weighted by atomic mass is 8.19. The molecule has 0 heterocycles. The lowest BCUT2D eigenvalue weighted by Gasteiger charge is -2.63. The summed E-state index contributed by atoms with van der Waals surface area (Å²) < 4.78 is 0. The Morgan fingerprint density at radius 1 is 0.0532 bits per heavy atom. The van der Waals surface area contributed by atoms with E-state index in [1.165, 1.54) is 0 Å². The highest BCUT2D eigenvalue weighted by atomic mass is 13.5. The van der Waals surface area contributed by atoms with E-state index in [9.17, 15) is 0 Å². The zero-order valence-electron chi connectivity index (χ0n) is 54.3. The van der Waals surface area contributed by atoms with E-state index in [1.54, 1.807) is 0 Å². The molecular formula is B94. The molecule has 0 aliphatic carbocycles. The molecule has 0 aliphatic rings. The molecule has 0 saturated carbocycles. The molecule has 0 bridgehead atoms. The lowest BCUT2D eigenvalue weighted by Crippen LogP contribution is -3.01. The van der Waals surface area contributed by atoms with Crippen LogP contribution in [0.1, 0.15) is 0 Å². The molecule has 0 atom stereocenters. The molecule has 0 aromatic rings. The standard InChI is InChI=1S/B94/c1-49(2)73(50(3)4)85(74(51(5)6)52(7)8)91(86(75(53(9)10)54(11)12)76(55(13)14)56(15)16)94(92(87(77(57(17)18)58(19)20)78(59(21)22)60(23)24)88(79(61(25)26)62(27)28)80(63(29)30)64(31)32)93(89(81(65(33)34)66(35)36)82(67(37)38)68(39)40)90(83(69(41)42)70(43)44)84(71(45)46)72(47)48. The maximum atomic E-state index is 7.05. The largest absolute Gasteiger partial charge is 0 e. The van der Waals surface area contributed by atoms with Gasteiger partial charge in [-0.1, -0.05) is 0 Å². The van der Waals surface area contributed by atoms with Crippen molar-refractivity contribution < 1.29 is 0 Å². The average Bonchev–Trinajstić information content (AvgIpc) is 3.33. The Kier molecular flexibility index (Phi) is 48.9. The van der Waals surface area contributed by atoms with Crippen molar-refractivity contribution in [2.45, 2.75) is 0 Å². The molecule has 0 rings (SSSR count). The third-order valence-corrected chi connectivity index (χ3v) is 20.0. The van der Waals surface area contributed by atoms with Crippen molar-refractivity contribution in [2.24, 2.45) is 0 Å². The molecule has 0 aliphatic heterocycles. The first-order valence-corrected chi connectivity index (χ1v) is 31.0. The van der Waals surface area contributed by atoms with E-state index in [0.29, 0.717) is 0 Å². The van der Waals surface area contributed by atoms with Gasteiger partial charge < -0.3 is 0 Å². The Labute approximate surface area is 658 Å². The highest BCUT2D eigenvalue weighted by Gasteiger charge is 2.68. The Balaban J connectivity index is 14.2. The molecule has 0 aromatic carbocycles. The molecule has 0 fully saturated rings. The van der Waals surface area contributed by atoms with Crippen LogP contribution in [0.15, 0.2) is 0 Å². The molecule has 0 spiro atoms. The smallest absolute Gasteiger partial charge is 0 e. The van der Waals surface area contributed by atoms with Crippen LogP contribution in [0, 0.1) is 0 Å². The number of hydrogen-bond acceptors (Lipinski definition) is 0. The third kappa shape index (κ3) is 26.7. The Hall–Kier alpha value is 6.10. The van der Waals surface area contributed by atoms with Crippen molar-refractivity contribution in [3.8, 4) is 0 Å². The summed E-state index contributed by atoms with van der Waals surface area (Å²) in [5.41, 5.74) is 0. The third-order valence-electron chi connectivity index (χ3n) is 20.0. The minimum absolute atomic E-state index is 1.77. The van der Waals surface area contributed by atoms with Gasteiger partial charge in [0.05, 0.1) is 0 Å². The minimum atomic E-state index is -2.22. The highest BCUT2D eigenvalue weighted by Crippen LogP contribution is 2.30. The molecule has 0 amide bonds. The summed E-state index contributed by atoms with van der Waals surface area (Å²) in [6.45, 7) is 0. The summed E-state index contributed by atoms with van der Waals surface area (Å²) in [6.07, 6.45) is -84.9. The van der Waals surface area contributed by atoms with E-state index in [4.69, 9.17) is 371 Å². The summed E-state index contributed by atoms with van der Waals surface area (Å²) >= 11 is 0. The van der Waals surface area contributed by atoms with Gasteiger partial charge in [-0.25, -0.2) is 0 Å². The Morgan fingerprint density at radius 2 is 0.0851 bits per heavy atom. The van der Waals surface area contributed by atoms with Crippen LogP contribution in [-0.2, 0) is 0 Å². The van der Waals surface area contributed by atoms with Crippen molar-refractivity contribution in [2.75, 3.05) is 0 Å². The SMILES string of the molecule is [B]B([B])B(B([B])[B])B(B(B([B])[B])B([B])[B])B(B(B(B([B])[B])B([B])[B])B(B([B])[B])B([B])[B])B(B(B(B(B([B])[B])B([B])[B])B(B([B])[B])B([B])[B])B(B(B([B])[B])B([B])[B])B(B([B])[B])B([B])[B])B(B(B(B([B])[B])B([B])[B])B(B([B])[B])B([B])[B])B(B(B([B])[B])B([B])[B])B(B([B])[B])B([B])[B]. The first-order chi connectivity index (χ1) is 42.7. The van der Waals surface area contributed by atoms with Gasteiger partial charge in [-0.15, -0.1) is 0 Å². The summed E-state index contributed by atoms with van der Waals surface area (Å²) in [5, 5.41) is 0. The summed E-state index contributed by atoms with van der Waals surface area (Å²) in [4.78, 5) is 0. The maximum absolute atomic E-state index is 7.05. The fourth-order valence-electron chi connectivity index (χ4n) is 16.9. The summed E-state index contributed by atoms with van der Waals surface area (Å²) in [7, 11) is 338. The van der Waals surface area contributed by atoms with Gasteiger partial charge in [-0.3, -0.25) is 0 Å². The van der Waals surface area contributed by atoms with E-state index in [0.717, 1.165) is 0 Å². The van der Waals surface area contributed by atoms with Gasteiger partial charge >= 0.3 is 0 Å². The summed E-state index contributed by atoms with van der Waals surface area (Å²) in [5.74, 6) is 0. The molecule has 94 heavy (non-hydrogen) atoms. The van der Waals surface area contributed by atoms with Crippen molar-refractivity contribution in [3.05, 3.63) is 0 Å². The number of rotatable bonds is 45. The monoisotopic (exact) mass is 1030 g/mol. The fourth-order valence-corrected chi connectivity index (χ4v) is 16.9. The van der Waals surface area contributed by atoms with Crippen LogP contribution in [0.4, 0.5) is 0 Å². The van der Waals surface area contributed by atoms with Crippen LogP contribution in [0.3, 0.4) is 0 Å². The van der Waals surface area contributed by atoms with Gasteiger partial charge in [-0.05, 0) is 0 Å². The Bertz CT molecular complexity index is 1350. The van der Waals surface area contributed by atoms with Crippen LogP contribution in [-0.4, -0.2) is 665 Å². The second-order valence-electron chi connectivity index (χ2n) is 26.6. The first kappa shape index (κ1) is 100. The molecule has 0 aromatic heterocycles. The van der Waals surface area contributed by atoms with Gasteiger partial charge in [-0.2, -0.15) is 0 Å². The van der Waals surface area contributed by atoms with Crippen LogP contribution >= 0.6 is 0 Å². The number of hydrogen-bond donors (Lipinski definition) is 0. The van der Waals surface area contributed by atoms with Crippen molar-refractivity contribution in [1.29, 1.82) is 0 Å². The molecule has 96 radical (unpaired) electrons. The van der Waals surface area contributed by atoms with Gasteiger partial charge in [0.1, 0.15) is 0 Å². The second kappa shape index (κ2) is 45.9. The molecule has 0 nitrogen and oxygen atoms in total. The van der Waals surface area contributed by atoms with E-state index in [1.807, 2.05) is 0 Å². The van der Waals surface area contributed by atoms with Gasteiger partial charge in [0.15, 0.2) is 0 Å². The van der Waals surface area contributed by atoms with Gasteiger partial charge in [0.25, 0.3) is 0 Å². The predicted molar refractivity (Wildman–Crippen MR) is 541 cm³/mol. The zero-order valence-corrected chi connectivity index (χ0v) is 54.3. The van der Waals surface area contributed by atoms with Crippen molar-refractivity contribution in [1.82, 2.24) is 0 Å². The van der Waals surface area contributed by atoms with Crippen LogP contribution in [0.25, 0.3) is 0 Å². The normalized spacial score (nSPS) is 9.83. The fraction of sp³-hybridized carbons (Fsp3) is 0. The molecular weight excluding hydrogens is 1020 g/mol. The quantitative estimate of drug-likeness (QED) is 0.0533. The topological polar surface area (TPSA) is 0 Å². The molecule has 0 unspecified atom stereocenters. The van der Waals surface area contributed by atoms with Crippen molar-refractivity contribution in [3.63, 3.8) is 0 Å². The molecule has 94 heteroatoms. The zero-order chi connectivity index (χ0) is 74.6. The maximum Gasteiger partial charge on any atom is 0 e. The van der Waals surface area contributed by atoms with Crippen LogP contribution in [0.5, 0.6) is 0 Å². The van der Waals surface area contributed by atoms with Crippen LogP contribution in [0.2, 0.25) is 0 Å². The van der Waals surface area contributed by atoms with Gasteiger partial charge in [0.2, 0.25) is 0 Å². The van der Waals surface area contributed by atoms with E-state index >= 15 is 0 Å². The minimum Gasteiger partial charge on any atom is 0 e. The van der Waals surface area contributed by atoms with Crippen molar-refractivity contribution >= 4 is 665 Å².